The molecular weight excluding hydrogens is 300 g/mol. The first-order chi connectivity index (χ1) is 11.0. The molecule has 0 aliphatic carbocycles. The van der Waals surface area contributed by atoms with E-state index < -0.39 is 5.97 Å². The van der Waals surface area contributed by atoms with E-state index in [1.54, 1.807) is 7.05 Å². The van der Waals surface area contributed by atoms with Crippen LogP contribution in [-0.2, 0) is 4.79 Å². The van der Waals surface area contributed by atoms with Gasteiger partial charge in [0.2, 0.25) is 0 Å². The van der Waals surface area contributed by atoms with Gasteiger partial charge in [-0.15, -0.1) is 0 Å². The van der Waals surface area contributed by atoms with Gasteiger partial charge in [-0.2, -0.15) is 0 Å². The van der Waals surface area contributed by atoms with Crippen molar-refractivity contribution in [3.05, 3.63) is 0 Å². The fraction of sp³-hybridized carbons (Fsp3) is 0.800. The number of piperidine rings is 1. The van der Waals surface area contributed by atoms with Gasteiger partial charge in [0.05, 0.1) is 6.42 Å². The van der Waals surface area contributed by atoms with Gasteiger partial charge in [0.1, 0.15) is 0 Å². The van der Waals surface area contributed by atoms with E-state index >= 15 is 0 Å². The average molecular weight is 326 g/mol. The predicted octanol–water partition coefficient (Wildman–Crippen LogP) is 0.783. The number of carboxylic acid groups (broad SMARTS) is 1. The standard InChI is InChI=1S/C15H26N4O4/c1-17(10-6-13(20)21)14(22)16-12-5-4-9-19(11-12)15(23)18-7-2-3-8-18/h12H,2-11H2,1H3,(H,16,22)(H,20,21). The second-order valence-electron chi connectivity index (χ2n) is 6.28. The number of hydrogen-bond acceptors (Lipinski definition) is 3. The molecular formula is C15H26N4O4. The van der Waals surface area contributed by atoms with Crippen LogP contribution in [0, 0.1) is 0 Å². The molecule has 2 aliphatic rings. The number of amides is 4. The number of carboxylic acids is 1. The van der Waals surface area contributed by atoms with Gasteiger partial charge in [0.15, 0.2) is 0 Å². The lowest BCUT2D eigenvalue weighted by molar-refractivity contribution is -0.137. The Morgan fingerprint density at radius 2 is 1.78 bits per heavy atom. The summed E-state index contributed by atoms with van der Waals surface area (Å²) in [4.78, 5) is 40.1. The van der Waals surface area contributed by atoms with Crippen LogP contribution >= 0.6 is 0 Å². The molecule has 8 heteroatoms. The molecule has 23 heavy (non-hydrogen) atoms. The molecule has 2 fully saturated rings. The molecule has 4 amide bonds. The summed E-state index contributed by atoms with van der Waals surface area (Å²) >= 11 is 0. The summed E-state index contributed by atoms with van der Waals surface area (Å²) in [7, 11) is 1.58. The topological polar surface area (TPSA) is 93.2 Å². The third kappa shape index (κ3) is 5.01. The normalized spacial score (nSPS) is 21.2. The molecule has 2 aliphatic heterocycles. The Kier molecular flexibility index (Phi) is 6.06. The Bertz CT molecular complexity index is 451. The number of nitrogens with zero attached hydrogens (tertiary/aromatic N) is 3. The molecule has 2 rings (SSSR count). The highest BCUT2D eigenvalue weighted by Crippen LogP contribution is 2.16. The molecule has 8 nitrogen and oxygen atoms in total. The maximum absolute atomic E-state index is 12.4. The second-order valence-corrected chi connectivity index (χ2v) is 6.28. The molecule has 0 spiro atoms. The Labute approximate surface area is 136 Å². The molecule has 0 radical (unpaired) electrons. The van der Waals surface area contributed by atoms with Gasteiger partial charge in [-0.1, -0.05) is 0 Å². The van der Waals surface area contributed by atoms with Crippen molar-refractivity contribution in [2.24, 2.45) is 0 Å². The molecule has 0 saturated carbocycles. The van der Waals surface area contributed by atoms with E-state index in [0.29, 0.717) is 6.54 Å². The van der Waals surface area contributed by atoms with Crippen LogP contribution in [0.4, 0.5) is 9.59 Å². The van der Waals surface area contributed by atoms with Gasteiger partial charge in [-0.3, -0.25) is 4.79 Å². The van der Waals surface area contributed by atoms with Gasteiger partial charge >= 0.3 is 18.0 Å². The minimum atomic E-state index is -0.926. The summed E-state index contributed by atoms with van der Waals surface area (Å²) in [5, 5.41) is 11.6. The van der Waals surface area contributed by atoms with E-state index in [0.717, 1.165) is 45.3 Å². The van der Waals surface area contributed by atoms with Crippen molar-refractivity contribution in [2.75, 3.05) is 39.8 Å². The predicted molar refractivity (Wildman–Crippen MR) is 84.2 cm³/mol. The number of nitrogens with one attached hydrogen (secondary N) is 1. The fourth-order valence-corrected chi connectivity index (χ4v) is 3.03. The van der Waals surface area contributed by atoms with Gasteiger partial charge in [0, 0.05) is 45.8 Å². The molecule has 1 unspecified atom stereocenters. The zero-order chi connectivity index (χ0) is 16.8. The smallest absolute Gasteiger partial charge is 0.320 e. The van der Waals surface area contributed by atoms with Crippen molar-refractivity contribution in [2.45, 2.75) is 38.1 Å². The van der Waals surface area contributed by atoms with E-state index in [9.17, 15) is 14.4 Å². The van der Waals surface area contributed by atoms with Crippen molar-refractivity contribution in [1.82, 2.24) is 20.0 Å². The molecule has 130 valence electrons. The average Bonchev–Trinajstić information content (AvgIpc) is 3.06. The molecule has 0 aromatic heterocycles. The highest BCUT2D eigenvalue weighted by molar-refractivity contribution is 5.76. The van der Waals surface area contributed by atoms with E-state index in [4.69, 9.17) is 5.11 Å². The number of carbonyl (C=O) groups excluding carboxylic acids is 2. The molecule has 2 saturated heterocycles. The lowest BCUT2D eigenvalue weighted by Gasteiger charge is -2.36. The van der Waals surface area contributed by atoms with Gasteiger partial charge in [0.25, 0.3) is 0 Å². The summed E-state index contributed by atoms with van der Waals surface area (Å²) in [6.07, 6.45) is 3.75. The molecule has 0 bridgehead atoms. The molecule has 0 aromatic carbocycles. The Hall–Kier alpha value is -1.99. The third-order valence-electron chi connectivity index (χ3n) is 4.40. The lowest BCUT2D eigenvalue weighted by atomic mass is 10.1. The summed E-state index contributed by atoms with van der Waals surface area (Å²) in [6.45, 7) is 3.07. The summed E-state index contributed by atoms with van der Waals surface area (Å²) in [5.41, 5.74) is 0. The van der Waals surface area contributed by atoms with Crippen molar-refractivity contribution in [1.29, 1.82) is 0 Å². The zero-order valence-corrected chi connectivity index (χ0v) is 13.7. The van der Waals surface area contributed by atoms with Crippen LogP contribution in [0.5, 0.6) is 0 Å². The van der Waals surface area contributed by atoms with E-state index in [2.05, 4.69) is 5.32 Å². The third-order valence-corrected chi connectivity index (χ3v) is 4.40. The molecule has 0 aromatic rings. The first-order valence-corrected chi connectivity index (χ1v) is 8.24. The van der Waals surface area contributed by atoms with E-state index in [-0.39, 0.29) is 31.1 Å². The van der Waals surface area contributed by atoms with E-state index in [1.165, 1.54) is 4.90 Å². The van der Waals surface area contributed by atoms with Crippen LogP contribution in [0.2, 0.25) is 0 Å². The van der Waals surface area contributed by atoms with Crippen molar-refractivity contribution < 1.29 is 19.5 Å². The van der Waals surface area contributed by atoms with Gasteiger partial charge in [-0.05, 0) is 25.7 Å². The highest BCUT2D eigenvalue weighted by Gasteiger charge is 2.29. The zero-order valence-electron chi connectivity index (χ0n) is 13.7. The number of urea groups is 2. The Balaban J connectivity index is 1.79. The Morgan fingerprint density at radius 1 is 1.13 bits per heavy atom. The van der Waals surface area contributed by atoms with Crippen molar-refractivity contribution in [3.8, 4) is 0 Å². The Morgan fingerprint density at radius 3 is 2.43 bits per heavy atom. The van der Waals surface area contributed by atoms with E-state index in [1.807, 2.05) is 9.80 Å². The van der Waals surface area contributed by atoms with Crippen LogP contribution < -0.4 is 5.32 Å². The first-order valence-electron chi connectivity index (χ1n) is 8.24. The van der Waals surface area contributed by atoms with Crippen LogP contribution in [0.25, 0.3) is 0 Å². The highest BCUT2D eigenvalue weighted by atomic mass is 16.4. The number of rotatable bonds is 4. The van der Waals surface area contributed by atoms with Crippen LogP contribution in [0.3, 0.4) is 0 Å². The maximum Gasteiger partial charge on any atom is 0.320 e. The van der Waals surface area contributed by atoms with Crippen LogP contribution in [-0.4, -0.2) is 83.7 Å². The van der Waals surface area contributed by atoms with Crippen LogP contribution in [0.1, 0.15) is 32.1 Å². The number of hydrogen-bond donors (Lipinski definition) is 2. The number of aliphatic carboxylic acids is 1. The van der Waals surface area contributed by atoms with Gasteiger partial charge < -0.3 is 25.1 Å². The molecule has 2 heterocycles. The molecule has 2 N–H and O–H groups in total. The summed E-state index contributed by atoms with van der Waals surface area (Å²) in [6, 6.07) is -0.289. The molecule has 1 atom stereocenters. The van der Waals surface area contributed by atoms with Crippen molar-refractivity contribution >= 4 is 18.0 Å². The fourth-order valence-electron chi connectivity index (χ4n) is 3.03. The van der Waals surface area contributed by atoms with Crippen molar-refractivity contribution in [3.63, 3.8) is 0 Å². The quantitative estimate of drug-likeness (QED) is 0.798. The first kappa shape index (κ1) is 17.4. The minimum Gasteiger partial charge on any atom is -0.481 e. The number of carbonyl (C=O) groups is 3. The summed E-state index contributed by atoms with van der Waals surface area (Å²) in [5.74, 6) is -0.926. The SMILES string of the molecule is CN(CCC(=O)O)C(=O)NC1CCCN(C(=O)N2CCCC2)C1. The number of likely N-dealkylation sites (tertiary alicyclic amines) is 2. The maximum atomic E-state index is 12.4. The van der Waals surface area contributed by atoms with Gasteiger partial charge in [-0.25, -0.2) is 9.59 Å². The van der Waals surface area contributed by atoms with Crippen LogP contribution in [0.15, 0.2) is 0 Å². The second kappa shape index (κ2) is 8.03. The largest absolute Gasteiger partial charge is 0.481 e. The monoisotopic (exact) mass is 326 g/mol. The minimum absolute atomic E-state index is 0.0701. The summed E-state index contributed by atoms with van der Waals surface area (Å²) < 4.78 is 0. The lowest BCUT2D eigenvalue weighted by Crippen LogP contribution is -2.54.